The van der Waals surface area contributed by atoms with Crippen molar-refractivity contribution in [2.45, 2.75) is 38.6 Å². The molecule has 1 aliphatic heterocycles. The maximum absolute atomic E-state index is 13.6. The van der Waals surface area contributed by atoms with Crippen LogP contribution < -0.4 is 0 Å². The van der Waals surface area contributed by atoms with E-state index in [-0.39, 0.29) is 17.1 Å². The molecule has 0 fully saturated rings. The van der Waals surface area contributed by atoms with E-state index in [1.807, 2.05) is 13.0 Å². The number of carbonyl (C=O) groups is 1. The van der Waals surface area contributed by atoms with Gasteiger partial charge in [-0.15, -0.1) is 0 Å². The number of hydrogen-bond donors (Lipinski definition) is 1. The van der Waals surface area contributed by atoms with Crippen LogP contribution in [0.2, 0.25) is 0 Å². The third-order valence-electron chi connectivity index (χ3n) is 4.57. The summed E-state index contributed by atoms with van der Waals surface area (Å²) in [5.74, 6) is -0.913. The summed E-state index contributed by atoms with van der Waals surface area (Å²) in [4.78, 5) is 12.6. The molecule has 4 nitrogen and oxygen atoms in total. The molecule has 1 unspecified atom stereocenters. The van der Waals surface area contributed by atoms with E-state index < -0.39 is 24.2 Å². The number of hydrazone groups is 1. The lowest BCUT2D eigenvalue weighted by atomic mass is 9.97. The highest BCUT2D eigenvalue weighted by molar-refractivity contribution is 6.04. The fourth-order valence-corrected chi connectivity index (χ4v) is 3.15. The fourth-order valence-electron chi connectivity index (χ4n) is 3.15. The third kappa shape index (κ3) is 3.60. The number of aryl methyl sites for hydroxylation is 2. The van der Waals surface area contributed by atoms with Crippen LogP contribution in [-0.4, -0.2) is 33.6 Å². The van der Waals surface area contributed by atoms with Crippen LogP contribution >= 0.6 is 0 Å². The molecule has 2 aromatic rings. The Hall–Kier alpha value is -2.67. The van der Waals surface area contributed by atoms with Gasteiger partial charge in [0, 0.05) is 5.56 Å². The molecular weight excluding hydrogens is 357 g/mol. The summed E-state index contributed by atoms with van der Waals surface area (Å²) in [6.45, 7) is 3.56. The predicted octanol–water partition coefficient (Wildman–Crippen LogP) is 3.73. The zero-order valence-electron chi connectivity index (χ0n) is 14.9. The van der Waals surface area contributed by atoms with Crippen LogP contribution in [0.4, 0.5) is 13.2 Å². The Morgan fingerprint density at radius 2 is 1.89 bits per heavy atom. The average molecular weight is 376 g/mol. The van der Waals surface area contributed by atoms with Crippen molar-refractivity contribution in [1.82, 2.24) is 5.01 Å². The first kappa shape index (κ1) is 19.1. The Kier molecular flexibility index (Phi) is 4.82. The number of amides is 1. The predicted molar refractivity (Wildman–Crippen MR) is 95.1 cm³/mol. The molecule has 1 N–H and O–H groups in total. The fraction of sp³-hybridized carbons (Fsp3) is 0.300. The first-order valence-corrected chi connectivity index (χ1v) is 8.43. The van der Waals surface area contributed by atoms with Crippen LogP contribution in [0.25, 0.3) is 0 Å². The number of alkyl halides is 3. The van der Waals surface area contributed by atoms with Gasteiger partial charge in [-0.2, -0.15) is 23.3 Å². The van der Waals surface area contributed by atoms with Gasteiger partial charge in [-0.1, -0.05) is 54.1 Å². The van der Waals surface area contributed by atoms with Crippen molar-refractivity contribution in [1.29, 1.82) is 0 Å². The minimum atomic E-state index is -5.04. The van der Waals surface area contributed by atoms with E-state index in [9.17, 15) is 23.1 Å². The molecule has 1 amide bonds. The van der Waals surface area contributed by atoms with Gasteiger partial charge < -0.3 is 5.11 Å². The van der Waals surface area contributed by atoms with Crippen molar-refractivity contribution in [2.24, 2.45) is 5.10 Å². The molecule has 7 heteroatoms. The molecule has 0 spiro atoms. The summed E-state index contributed by atoms with van der Waals surface area (Å²) in [6, 6.07) is 13.7. The van der Waals surface area contributed by atoms with E-state index in [4.69, 9.17) is 0 Å². The Balaban J connectivity index is 1.98. The van der Waals surface area contributed by atoms with Crippen LogP contribution in [0, 0.1) is 13.8 Å². The number of rotatable bonds is 3. The van der Waals surface area contributed by atoms with Gasteiger partial charge >= 0.3 is 6.18 Å². The van der Waals surface area contributed by atoms with E-state index in [2.05, 4.69) is 5.10 Å². The molecule has 2 aromatic carbocycles. The summed E-state index contributed by atoms with van der Waals surface area (Å²) in [7, 11) is 0. The molecule has 0 aliphatic carbocycles. The average Bonchev–Trinajstić information content (AvgIpc) is 2.94. The van der Waals surface area contributed by atoms with Crippen LogP contribution in [-0.2, 0) is 11.2 Å². The maximum Gasteiger partial charge on any atom is 0.438 e. The molecule has 1 heterocycles. The molecule has 142 valence electrons. The summed E-state index contributed by atoms with van der Waals surface area (Å²) in [5.41, 5.74) is -0.683. The highest BCUT2D eigenvalue weighted by atomic mass is 19.4. The Morgan fingerprint density at radius 1 is 1.19 bits per heavy atom. The number of benzene rings is 2. The third-order valence-corrected chi connectivity index (χ3v) is 4.57. The number of carbonyl (C=O) groups excluding carboxylic acids is 1. The van der Waals surface area contributed by atoms with Gasteiger partial charge in [0.1, 0.15) is 0 Å². The van der Waals surface area contributed by atoms with E-state index in [0.29, 0.717) is 16.7 Å². The summed E-state index contributed by atoms with van der Waals surface area (Å²) >= 11 is 0. The van der Waals surface area contributed by atoms with Crippen molar-refractivity contribution in [2.75, 3.05) is 0 Å². The van der Waals surface area contributed by atoms with Crippen molar-refractivity contribution < 1.29 is 23.1 Å². The standard InChI is InChI=1S/C20H19F3N2O2/c1-13-6-5-8-15(10-13)11-18(26)25-19(27,20(21,22)23)12-17(24-25)16-9-4-3-7-14(16)2/h3-10,27H,11-12H2,1-2H3. The molecule has 27 heavy (non-hydrogen) atoms. The second-order valence-electron chi connectivity index (χ2n) is 6.72. The number of nitrogens with zero attached hydrogens (tertiary/aromatic N) is 2. The molecule has 3 rings (SSSR count). The normalized spacial score (nSPS) is 19.9. The van der Waals surface area contributed by atoms with E-state index in [0.717, 1.165) is 5.56 Å². The van der Waals surface area contributed by atoms with Gasteiger partial charge in [0.05, 0.1) is 18.6 Å². The van der Waals surface area contributed by atoms with Crippen molar-refractivity contribution in [3.8, 4) is 0 Å². The first-order chi connectivity index (χ1) is 12.6. The zero-order valence-corrected chi connectivity index (χ0v) is 14.9. The van der Waals surface area contributed by atoms with Crippen LogP contribution in [0.1, 0.15) is 28.7 Å². The van der Waals surface area contributed by atoms with Gasteiger partial charge in [-0.25, -0.2) is 0 Å². The molecule has 0 saturated carbocycles. The van der Waals surface area contributed by atoms with E-state index in [1.54, 1.807) is 49.4 Å². The first-order valence-electron chi connectivity index (χ1n) is 8.43. The van der Waals surface area contributed by atoms with Crippen molar-refractivity contribution in [3.63, 3.8) is 0 Å². The molecule has 0 saturated heterocycles. The smallest absolute Gasteiger partial charge is 0.362 e. The summed E-state index contributed by atoms with van der Waals surface area (Å²) in [6.07, 6.45) is -6.13. The molecule has 0 aromatic heterocycles. The highest BCUT2D eigenvalue weighted by Gasteiger charge is 2.63. The SMILES string of the molecule is Cc1cccc(CC(=O)N2N=C(c3ccccc3C)CC2(O)C(F)(F)F)c1. The Bertz CT molecular complexity index is 908. The summed E-state index contributed by atoms with van der Waals surface area (Å²) in [5, 5.41) is 14.5. The van der Waals surface area contributed by atoms with Crippen LogP contribution in [0.5, 0.6) is 0 Å². The lowest BCUT2D eigenvalue weighted by molar-refractivity contribution is -0.302. The van der Waals surface area contributed by atoms with Crippen molar-refractivity contribution >= 4 is 11.6 Å². The van der Waals surface area contributed by atoms with Gasteiger partial charge in [-0.05, 0) is 25.0 Å². The molecule has 0 bridgehead atoms. The Morgan fingerprint density at radius 3 is 2.52 bits per heavy atom. The molecular formula is C20H19F3N2O2. The number of hydrogen-bond acceptors (Lipinski definition) is 3. The Labute approximate surface area is 154 Å². The topological polar surface area (TPSA) is 52.9 Å². The van der Waals surface area contributed by atoms with Crippen LogP contribution in [0.15, 0.2) is 53.6 Å². The van der Waals surface area contributed by atoms with Crippen LogP contribution in [0.3, 0.4) is 0 Å². The van der Waals surface area contributed by atoms with Gasteiger partial charge in [0.25, 0.3) is 5.72 Å². The minimum Gasteiger partial charge on any atom is -0.362 e. The second kappa shape index (κ2) is 6.81. The maximum atomic E-state index is 13.6. The van der Waals surface area contributed by atoms with Gasteiger partial charge in [0.15, 0.2) is 0 Å². The van der Waals surface area contributed by atoms with E-state index >= 15 is 0 Å². The number of aliphatic hydroxyl groups is 1. The quantitative estimate of drug-likeness (QED) is 0.887. The lowest BCUT2D eigenvalue weighted by Gasteiger charge is -2.32. The lowest BCUT2D eigenvalue weighted by Crippen LogP contribution is -2.57. The van der Waals surface area contributed by atoms with E-state index in [1.165, 1.54) is 0 Å². The highest BCUT2D eigenvalue weighted by Crippen LogP contribution is 2.41. The molecule has 1 aliphatic rings. The number of halogens is 3. The largest absolute Gasteiger partial charge is 0.438 e. The zero-order chi connectivity index (χ0) is 19.8. The molecule has 0 radical (unpaired) electrons. The summed E-state index contributed by atoms with van der Waals surface area (Å²) < 4.78 is 40.9. The monoisotopic (exact) mass is 376 g/mol. The van der Waals surface area contributed by atoms with Crippen molar-refractivity contribution in [3.05, 3.63) is 70.8 Å². The minimum absolute atomic E-state index is 0.0329. The van der Waals surface area contributed by atoms with Gasteiger partial charge in [0.2, 0.25) is 5.91 Å². The molecule has 1 atom stereocenters. The van der Waals surface area contributed by atoms with Gasteiger partial charge in [-0.3, -0.25) is 4.79 Å². The second-order valence-corrected chi connectivity index (χ2v) is 6.72.